The van der Waals surface area contributed by atoms with Crippen molar-refractivity contribution >= 4 is 23.0 Å². The number of aliphatic hydroxyl groups excluding tert-OH is 1. The zero-order valence-electron chi connectivity index (χ0n) is 26.3. The van der Waals surface area contributed by atoms with Crippen molar-refractivity contribution in [3.8, 4) is 0 Å². The van der Waals surface area contributed by atoms with E-state index >= 15 is 0 Å². The Kier molecular flexibility index (Phi) is 10.3. The molecule has 5 N–H and O–H groups in total. The number of esters is 1. The third-order valence-corrected chi connectivity index (χ3v) is 13.8. The van der Waals surface area contributed by atoms with Crippen molar-refractivity contribution in [3.05, 3.63) is 0 Å². The lowest BCUT2D eigenvalue weighted by molar-refractivity contribution is -0.222. The summed E-state index contributed by atoms with van der Waals surface area (Å²) in [6, 6.07) is -0.501. The molecule has 0 saturated heterocycles. The standard InChI is InChI=1S/C30H52F3N3O6S/c1-7-19-23-16-18(42-26(38)30(31,32)33)10-13-29(23,4)22-11-14-28(3)20(8-9-21(28)24(22)25(19)37)17(2)12-15-35-27(39)36-43(40,34-5)41-6/h17-25,34,37,40H,7-16H2,1-6H3,(H2,35,36,39)/t17-,18?,19-,20?,21+,22+,23+,24+,25-,28-,29-/m1/s1. The number of hydrogen-bond acceptors (Lipinski definition) is 7. The van der Waals surface area contributed by atoms with Gasteiger partial charge in [0.25, 0.3) is 0 Å². The lowest BCUT2D eigenvalue weighted by Gasteiger charge is -2.64. The normalized spacial score (nSPS) is 41.9. The molecular weight excluding hydrogens is 587 g/mol. The van der Waals surface area contributed by atoms with Gasteiger partial charge < -0.3 is 15.2 Å². The number of halogens is 3. The topological polar surface area (TPSA) is 129 Å². The molecule has 4 aliphatic rings. The van der Waals surface area contributed by atoms with Gasteiger partial charge in [0.1, 0.15) is 6.10 Å². The zero-order chi connectivity index (χ0) is 32.0. The van der Waals surface area contributed by atoms with Crippen molar-refractivity contribution in [3.63, 3.8) is 0 Å². The SMILES string of the molecule is CC[C@H]1[C@@H](O)[C@@H]2[C@H](CC[C@]3(C)C([C@H](C)CCNC(=O)NS(O)(NC)OC)CC[C@@H]23)[C@@]2(C)CCC(OC(=O)C(F)(F)F)C[C@@H]12. The van der Waals surface area contributed by atoms with Crippen LogP contribution in [0.1, 0.15) is 85.5 Å². The molecule has 4 saturated carbocycles. The number of fused-ring (bicyclic) bond motifs is 5. The van der Waals surface area contributed by atoms with Crippen molar-refractivity contribution in [1.82, 2.24) is 14.8 Å². The van der Waals surface area contributed by atoms with Crippen LogP contribution in [-0.2, 0) is 13.7 Å². The number of carbonyl (C=O) groups is 2. The largest absolute Gasteiger partial charge is 0.490 e. The lowest BCUT2D eigenvalue weighted by Crippen LogP contribution is -2.62. The number of nitrogens with one attached hydrogen (secondary N) is 3. The molecule has 12 atom stereocenters. The number of urea groups is 1. The highest BCUT2D eigenvalue weighted by Crippen LogP contribution is 2.69. The Morgan fingerprint density at radius 1 is 1.07 bits per heavy atom. The van der Waals surface area contributed by atoms with Gasteiger partial charge in [0.2, 0.25) is 0 Å². The summed E-state index contributed by atoms with van der Waals surface area (Å²) in [7, 11) is -0.0481. The van der Waals surface area contributed by atoms with Gasteiger partial charge in [0.05, 0.1) is 13.2 Å². The fourth-order valence-corrected chi connectivity index (χ4v) is 10.9. The average molecular weight is 640 g/mol. The lowest BCUT2D eigenvalue weighted by atomic mass is 9.41. The maximum atomic E-state index is 12.9. The molecular formula is C30H52F3N3O6S. The Labute approximate surface area is 255 Å². The van der Waals surface area contributed by atoms with E-state index in [0.29, 0.717) is 43.6 Å². The van der Waals surface area contributed by atoms with Crippen LogP contribution in [0.2, 0.25) is 0 Å². The van der Waals surface area contributed by atoms with Crippen molar-refractivity contribution < 1.29 is 41.3 Å². The minimum Gasteiger partial charge on any atom is -0.456 e. The van der Waals surface area contributed by atoms with E-state index < -0.39 is 41.3 Å². The first-order valence-corrected chi connectivity index (χ1v) is 17.4. The summed E-state index contributed by atoms with van der Waals surface area (Å²) in [5, 5.41) is 14.8. The second-order valence-corrected chi connectivity index (χ2v) is 16.0. The summed E-state index contributed by atoms with van der Waals surface area (Å²) < 4.78 is 63.8. The maximum Gasteiger partial charge on any atom is 0.490 e. The van der Waals surface area contributed by atoms with Gasteiger partial charge in [-0.15, -0.1) is 0 Å². The van der Waals surface area contributed by atoms with Crippen molar-refractivity contribution in [1.29, 1.82) is 0 Å². The van der Waals surface area contributed by atoms with Crippen molar-refractivity contribution in [2.45, 2.75) is 104 Å². The van der Waals surface area contributed by atoms with E-state index in [1.54, 1.807) is 0 Å². The molecule has 9 nitrogen and oxygen atoms in total. The number of amides is 2. The van der Waals surface area contributed by atoms with Crippen LogP contribution in [0.5, 0.6) is 0 Å². The Bertz CT molecular complexity index is 1020. The van der Waals surface area contributed by atoms with Gasteiger partial charge in [0.15, 0.2) is 0 Å². The van der Waals surface area contributed by atoms with Crippen molar-refractivity contribution in [2.75, 3.05) is 20.7 Å². The van der Waals surface area contributed by atoms with E-state index in [9.17, 15) is 32.4 Å². The van der Waals surface area contributed by atoms with Gasteiger partial charge in [-0.25, -0.2) is 19.0 Å². The number of hydrogen-bond donors (Lipinski definition) is 5. The molecule has 0 aromatic heterocycles. The van der Waals surface area contributed by atoms with Crippen LogP contribution in [-0.4, -0.2) is 60.7 Å². The highest BCUT2D eigenvalue weighted by Gasteiger charge is 2.65. The molecule has 0 radical (unpaired) electrons. The van der Waals surface area contributed by atoms with Gasteiger partial charge in [-0.1, -0.05) is 34.1 Å². The van der Waals surface area contributed by atoms with Crippen LogP contribution >= 0.6 is 11.0 Å². The van der Waals surface area contributed by atoms with E-state index in [1.165, 1.54) is 14.2 Å². The van der Waals surface area contributed by atoms with E-state index in [4.69, 9.17) is 8.92 Å². The fraction of sp³-hybridized carbons (Fsp3) is 0.933. The molecule has 0 bridgehead atoms. The first-order chi connectivity index (χ1) is 20.0. The first kappa shape index (κ1) is 34.6. The summed E-state index contributed by atoms with van der Waals surface area (Å²) in [5.41, 5.74) is -0.0647. The van der Waals surface area contributed by atoms with Crippen LogP contribution < -0.4 is 14.8 Å². The second-order valence-electron chi connectivity index (χ2n) is 14.0. The fourth-order valence-electron chi connectivity index (χ4n) is 10.2. The predicted octanol–water partition coefficient (Wildman–Crippen LogP) is 5.94. The van der Waals surface area contributed by atoms with E-state index in [2.05, 4.69) is 42.5 Å². The van der Waals surface area contributed by atoms with Gasteiger partial charge in [-0.2, -0.15) is 13.2 Å². The Balaban J connectivity index is 1.43. The Morgan fingerprint density at radius 2 is 1.72 bits per heavy atom. The average Bonchev–Trinajstić information content (AvgIpc) is 3.30. The first-order valence-electron chi connectivity index (χ1n) is 15.9. The third kappa shape index (κ3) is 6.53. The number of carbonyl (C=O) groups excluding carboxylic acids is 2. The molecule has 0 aromatic rings. The van der Waals surface area contributed by atoms with Crippen LogP contribution in [0.3, 0.4) is 0 Å². The van der Waals surface area contributed by atoms with Gasteiger partial charge >= 0.3 is 18.2 Å². The zero-order valence-corrected chi connectivity index (χ0v) is 27.2. The number of ether oxygens (including phenoxy) is 1. The Morgan fingerprint density at radius 3 is 2.33 bits per heavy atom. The van der Waals surface area contributed by atoms with Gasteiger partial charge in [-0.05, 0) is 115 Å². The third-order valence-electron chi connectivity index (χ3n) is 12.3. The minimum atomic E-state index is -5.00. The monoisotopic (exact) mass is 639 g/mol. The van der Waals surface area contributed by atoms with Gasteiger partial charge in [-0.3, -0.25) is 8.74 Å². The molecule has 2 amide bonds. The smallest absolute Gasteiger partial charge is 0.456 e. The van der Waals surface area contributed by atoms with Crippen LogP contribution in [0, 0.1) is 52.3 Å². The molecule has 4 fully saturated rings. The van der Waals surface area contributed by atoms with E-state index in [-0.39, 0.29) is 34.5 Å². The second kappa shape index (κ2) is 12.8. The predicted molar refractivity (Wildman–Crippen MR) is 158 cm³/mol. The number of alkyl halides is 3. The molecule has 4 rings (SSSR count). The van der Waals surface area contributed by atoms with Crippen LogP contribution in [0.4, 0.5) is 18.0 Å². The number of aliphatic hydroxyl groups is 1. The molecule has 250 valence electrons. The Hall–Kier alpha value is -1.28. The highest BCUT2D eigenvalue weighted by atomic mass is 32.3. The highest BCUT2D eigenvalue weighted by molar-refractivity contribution is 8.22. The van der Waals surface area contributed by atoms with E-state index in [1.807, 2.05) is 0 Å². The molecule has 43 heavy (non-hydrogen) atoms. The van der Waals surface area contributed by atoms with Crippen LogP contribution in [0.15, 0.2) is 0 Å². The molecule has 3 unspecified atom stereocenters. The molecule has 0 heterocycles. The summed E-state index contributed by atoms with van der Waals surface area (Å²) >= 11 is 0. The summed E-state index contributed by atoms with van der Waals surface area (Å²) in [4.78, 5) is 23.9. The summed E-state index contributed by atoms with van der Waals surface area (Å²) in [5.74, 6) is -0.606. The quantitative estimate of drug-likeness (QED) is 0.198. The number of rotatable bonds is 9. The molecule has 0 aromatic carbocycles. The van der Waals surface area contributed by atoms with Crippen LogP contribution in [0.25, 0.3) is 0 Å². The van der Waals surface area contributed by atoms with Crippen molar-refractivity contribution in [2.24, 2.45) is 52.3 Å². The summed E-state index contributed by atoms with van der Waals surface area (Å²) in [6.07, 6.45) is 0.793. The van der Waals surface area contributed by atoms with E-state index in [0.717, 1.165) is 38.5 Å². The molecule has 13 heteroatoms. The molecule has 0 aliphatic heterocycles. The van der Waals surface area contributed by atoms with Gasteiger partial charge in [0, 0.05) is 13.6 Å². The molecule has 4 aliphatic carbocycles. The molecule has 0 spiro atoms. The minimum absolute atomic E-state index is 0.00624. The maximum absolute atomic E-state index is 12.9. The summed E-state index contributed by atoms with van der Waals surface area (Å²) in [6.45, 7) is 9.41.